The van der Waals surface area contributed by atoms with Crippen LogP contribution in [-0.2, 0) is 11.3 Å². The van der Waals surface area contributed by atoms with Gasteiger partial charge in [0.1, 0.15) is 0 Å². The van der Waals surface area contributed by atoms with Gasteiger partial charge in [0.2, 0.25) is 5.95 Å². The van der Waals surface area contributed by atoms with Gasteiger partial charge in [-0.1, -0.05) is 0 Å². The Balaban J connectivity index is 1.39. The fourth-order valence-corrected chi connectivity index (χ4v) is 5.48. The molecule has 0 bridgehead atoms. The van der Waals surface area contributed by atoms with Gasteiger partial charge in [0, 0.05) is 63.1 Å². The highest BCUT2D eigenvalue weighted by Crippen LogP contribution is 2.35. The fraction of sp³-hybridized carbons (Fsp3) is 0.500. The highest BCUT2D eigenvalue weighted by molar-refractivity contribution is 7.19. The normalized spacial score (nSPS) is 17.7. The molecule has 2 saturated heterocycles. The van der Waals surface area contributed by atoms with E-state index in [1.54, 1.807) is 30.8 Å². The highest BCUT2D eigenvalue weighted by Gasteiger charge is 2.23. The Hall–Kier alpha value is -3.09. The van der Waals surface area contributed by atoms with Gasteiger partial charge in [-0.05, 0) is 18.9 Å². The molecule has 0 atom stereocenters. The first-order chi connectivity index (χ1) is 16.6. The fourth-order valence-electron chi connectivity index (χ4n) is 4.33. The first kappa shape index (κ1) is 22.7. The number of hydrogen-bond acceptors (Lipinski definition) is 10. The van der Waals surface area contributed by atoms with Crippen LogP contribution in [0.2, 0.25) is 0 Å². The van der Waals surface area contributed by atoms with Crippen LogP contribution in [0.5, 0.6) is 0 Å². The number of amides is 2. The molecule has 2 fully saturated rings. The quantitative estimate of drug-likeness (QED) is 0.493. The van der Waals surface area contributed by atoms with Crippen LogP contribution >= 0.6 is 11.3 Å². The summed E-state index contributed by atoms with van der Waals surface area (Å²) in [4.78, 5) is 35.5. The number of thiophene rings is 1. The lowest BCUT2D eigenvalue weighted by Gasteiger charge is -2.31. The third-order valence-electron chi connectivity index (χ3n) is 6.17. The molecule has 4 N–H and O–H groups in total. The maximum atomic E-state index is 11.6. The van der Waals surface area contributed by atoms with E-state index in [0.717, 1.165) is 67.2 Å². The minimum absolute atomic E-state index is 0.112. The van der Waals surface area contributed by atoms with Crippen LogP contribution < -0.4 is 21.3 Å². The summed E-state index contributed by atoms with van der Waals surface area (Å²) >= 11 is 1.75. The first-order valence-corrected chi connectivity index (χ1v) is 12.3. The number of carbonyl (C=O) groups excluding carboxylic acids is 1. The minimum atomic E-state index is -0.112. The van der Waals surface area contributed by atoms with Gasteiger partial charge in [-0.25, -0.2) is 24.7 Å². The molecule has 2 amide bonds. The van der Waals surface area contributed by atoms with Crippen molar-refractivity contribution >= 4 is 39.4 Å². The van der Waals surface area contributed by atoms with Crippen LogP contribution in [-0.4, -0.2) is 83.3 Å². The zero-order valence-electron chi connectivity index (χ0n) is 19.2. The number of piperidine rings is 1. The lowest BCUT2D eigenvalue weighted by Crippen LogP contribution is -2.46. The number of aromatic nitrogens is 4. The van der Waals surface area contributed by atoms with Gasteiger partial charge in [-0.3, -0.25) is 4.90 Å². The number of likely N-dealkylation sites (tertiary alicyclic amines) is 1. The summed E-state index contributed by atoms with van der Waals surface area (Å²) < 4.78 is 6.65. The van der Waals surface area contributed by atoms with Gasteiger partial charge >= 0.3 is 6.03 Å². The Labute approximate surface area is 201 Å². The Bertz CT molecular complexity index is 1140. The van der Waals surface area contributed by atoms with Gasteiger partial charge in [-0.2, -0.15) is 0 Å². The van der Waals surface area contributed by atoms with Gasteiger partial charge in [0.25, 0.3) is 0 Å². The Kier molecular flexibility index (Phi) is 6.70. The lowest BCUT2D eigenvalue weighted by molar-refractivity contribution is 0.122. The van der Waals surface area contributed by atoms with Crippen LogP contribution in [0.25, 0.3) is 21.6 Å². The van der Waals surface area contributed by atoms with Crippen LogP contribution in [0.1, 0.15) is 17.7 Å². The maximum absolute atomic E-state index is 11.6. The van der Waals surface area contributed by atoms with Crippen LogP contribution in [0.15, 0.2) is 18.5 Å². The number of hydrogen-bond donors (Lipinski definition) is 3. The van der Waals surface area contributed by atoms with Crippen molar-refractivity contribution in [1.29, 1.82) is 0 Å². The Morgan fingerprint density at radius 2 is 1.91 bits per heavy atom. The lowest BCUT2D eigenvalue weighted by atomic mass is 10.1. The number of fused-ring (bicyclic) bond motifs is 1. The summed E-state index contributed by atoms with van der Waals surface area (Å²) in [6.45, 7) is 5.70. The SMILES string of the molecule is CNC(=O)NC1CCN(Cc2cc3nc(-c4cnc(N)nc4)nc(N4CCOCC4)c3s2)CC1. The maximum Gasteiger partial charge on any atom is 0.314 e. The molecule has 0 unspecified atom stereocenters. The van der Waals surface area contributed by atoms with E-state index in [1.165, 1.54) is 4.88 Å². The minimum Gasteiger partial charge on any atom is -0.378 e. The number of rotatable bonds is 5. The van der Waals surface area contributed by atoms with Crippen molar-refractivity contribution in [3.05, 3.63) is 23.3 Å². The number of urea groups is 1. The average molecular weight is 484 g/mol. The number of nitrogens with zero attached hydrogens (tertiary/aromatic N) is 6. The molecule has 0 aliphatic carbocycles. The summed E-state index contributed by atoms with van der Waals surface area (Å²) in [5.74, 6) is 1.76. The molecule has 0 saturated carbocycles. The van der Waals surface area contributed by atoms with Crippen molar-refractivity contribution < 1.29 is 9.53 Å². The van der Waals surface area contributed by atoms with Crippen LogP contribution in [0.3, 0.4) is 0 Å². The van der Waals surface area contributed by atoms with Crippen molar-refractivity contribution in [1.82, 2.24) is 35.5 Å². The second-order valence-corrected chi connectivity index (χ2v) is 9.64. The van der Waals surface area contributed by atoms with Crippen molar-refractivity contribution in [2.24, 2.45) is 0 Å². The molecule has 2 aliphatic rings. The van der Waals surface area contributed by atoms with Crippen molar-refractivity contribution in [2.75, 3.05) is 57.1 Å². The smallest absolute Gasteiger partial charge is 0.314 e. The number of morpholine rings is 1. The second kappa shape index (κ2) is 10.0. The third-order valence-corrected chi connectivity index (χ3v) is 7.28. The van der Waals surface area contributed by atoms with E-state index >= 15 is 0 Å². The van der Waals surface area contributed by atoms with E-state index in [1.807, 2.05) is 0 Å². The zero-order chi connectivity index (χ0) is 23.5. The van der Waals surface area contributed by atoms with Crippen molar-refractivity contribution in [3.8, 4) is 11.4 Å². The molecule has 0 aromatic carbocycles. The van der Waals surface area contributed by atoms with E-state index in [0.29, 0.717) is 19.0 Å². The molecule has 5 heterocycles. The highest BCUT2D eigenvalue weighted by atomic mass is 32.1. The average Bonchev–Trinajstić information content (AvgIpc) is 3.28. The standard InChI is InChI=1S/C22H29N9O2S/c1-24-22(32)27-15-2-4-30(5-3-15)13-16-10-17-18(34-16)20(31-6-8-33-9-7-31)29-19(28-17)14-11-25-21(23)26-12-14/h10-12,15H,2-9,13H2,1H3,(H2,23,25,26)(H2,24,27,32). The molecule has 12 heteroatoms. The first-order valence-electron chi connectivity index (χ1n) is 11.5. The molecular formula is C22H29N9O2S. The molecule has 5 rings (SSSR count). The van der Waals surface area contributed by atoms with E-state index in [4.69, 9.17) is 20.4 Å². The summed E-state index contributed by atoms with van der Waals surface area (Å²) in [6.07, 6.45) is 5.21. The molecule has 3 aromatic rings. The second-order valence-electron chi connectivity index (χ2n) is 8.50. The topological polar surface area (TPSA) is 134 Å². The van der Waals surface area contributed by atoms with Crippen LogP contribution in [0.4, 0.5) is 16.6 Å². The summed E-state index contributed by atoms with van der Waals surface area (Å²) in [6, 6.07) is 2.28. The van der Waals surface area contributed by atoms with E-state index in [-0.39, 0.29) is 18.0 Å². The molecule has 11 nitrogen and oxygen atoms in total. The van der Waals surface area contributed by atoms with Gasteiger partial charge < -0.3 is 26.0 Å². The summed E-state index contributed by atoms with van der Waals surface area (Å²) in [5.41, 5.74) is 7.33. The monoisotopic (exact) mass is 483 g/mol. The van der Waals surface area contributed by atoms with Gasteiger partial charge in [0.15, 0.2) is 11.6 Å². The Morgan fingerprint density at radius 1 is 1.18 bits per heavy atom. The van der Waals surface area contributed by atoms with Gasteiger partial charge in [-0.15, -0.1) is 11.3 Å². The van der Waals surface area contributed by atoms with E-state index in [9.17, 15) is 4.79 Å². The number of nitrogens with one attached hydrogen (secondary N) is 2. The van der Waals surface area contributed by atoms with Crippen molar-refractivity contribution in [3.63, 3.8) is 0 Å². The number of carbonyl (C=O) groups is 1. The van der Waals surface area contributed by atoms with Crippen molar-refractivity contribution in [2.45, 2.75) is 25.4 Å². The summed E-state index contributed by atoms with van der Waals surface area (Å²) in [7, 11) is 1.64. The predicted octanol–water partition coefficient (Wildman–Crippen LogP) is 1.46. The third kappa shape index (κ3) is 5.03. The molecule has 0 radical (unpaired) electrons. The number of anilines is 2. The number of nitrogens with two attached hydrogens (primary N) is 1. The molecular weight excluding hydrogens is 454 g/mol. The van der Waals surface area contributed by atoms with Gasteiger partial charge in [0.05, 0.1) is 29.0 Å². The molecule has 3 aromatic heterocycles. The van der Waals surface area contributed by atoms with E-state index < -0.39 is 0 Å². The largest absolute Gasteiger partial charge is 0.378 e. The van der Waals surface area contributed by atoms with E-state index in [2.05, 4.69) is 36.5 Å². The molecule has 2 aliphatic heterocycles. The zero-order valence-corrected chi connectivity index (χ0v) is 20.0. The predicted molar refractivity (Wildman–Crippen MR) is 132 cm³/mol. The van der Waals surface area contributed by atoms with Crippen LogP contribution in [0, 0.1) is 0 Å². The number of nitrogen functional groups attached to an aromatic ring is 1. The number of ether oxygens (including phenoxy) is 1. The molecule has 34 heavy (non-hydrogen) atoms. The summed E-state index contributed by atoms with van der Waals surface area (Å²) in [5, 5.41) is 5.65. The molecule has 0 spiro atoms. The Morgan fingerprint density at radius 3 is 2.62 bits per heavy atom. The molecule has 180 valence electrons.